The van der Waals surface area contributed by atoms with Crippen LogP contribution >= 0.6 is 15.9 Å². The minimum atomic E-state index is -0.277. The van der Waals surface area contributed by atoms with Crippen LogP contribution < -0.4 is 5.32 Å². The van der Waals surface area contributed by atoms with Crippen LogP contribution in [0, 0.1) is 12.7 Å². The highest BCUT2D eigenvalue weighted by atomic mass is 79.9. The molecule has 0 bridgehead atoms. The Morgan fingerprint density at radius 3 is 2.89 bits per heavy atom. The predicted molar refractivity (Wildman–Crippen MR) is 72.6 cm³/mol. The maximum absolute atomic E-state index is 13.4. The minimum Gasteiger partial charge on any atom is -0.325 e. The molecule has 0 amide bonds. The van der Waals surface area contributed by atoms with Crippen LogP contribution in [0.3, 0.4) is 0 Å². The molecule has 1 aliphatic rings. The lowest BCUT2D eigenvalue weighted by Gasteiger charge is -2.09. The molecule has 18 heavy (non-hydrogen) atoms. The average molecular weight is 310 g/mol. The van der Waals surface area contributed by atoms with Gasteiger partial charge in [0.15, 0.2) is 0 Å². The zero-order valence-corrected chi connectivity index (χ0v) is 11.5. The molecule has 2 aromatic rings. The Balaban J connectivity index is 1.89. The number of imidazole rings is 1. The fourth-order valence-corrected chi connectivity index (χ4v) is 2.19. The first kappa shape index (κ1) is 11.7. The first-order valence-electron chi connectivity index (χ1n) is 5.91. The molecule has 0 atom stereocenters. The van der Waals surface area contributed by atoms with Gasteiger partial charge >= 0.3 is 0 Å². The summed E-state index contributed by atoms with van der Waals surface area (Å²) in [5.41, 5.74) is 1.69. The van der Waals surface area contributed by atoms with Crippen LogP contribution in [0.2, 0.25) is 0 Å². The van der Waals surface area contributed by atoms with Gasteiger partial charge in [-0.25, -0.2) is 9.37 Å². The van der Waals surface area contributed by atoms with E-state index in [1.54, 1.807) is 6.07 Å². The predicted octanol–water partition coefficient (Wildman–Crippen LogP) is 4.17. The number of nitrogens with zero attached hydrogens (tertiary/aromatic N) is 2. The molecule has 0 aliphatic heterocycles. The van der Waals surface area contributed by atoms with Gasteiger partial charge < -0.3 is 9.88 Å². The molecule has 1 aromatic heterocycles. The third-order valence-corrected chi connectivity index (χ3v) is 3.61. The summed E-state index contributed by atoms with van der Waals surface area (Å²) in [6, 6.07) is 5.53. The van der Waals surface area contributed by atoms with Gasteiger partial charge in [-0.15, -0.1) is 0 Å². The molecule has 1 saturated carbocycles. The molecule has 0 unspecified atom stereocenters. The van der Waals surface area contributed by atoms with E-state index in [1.165, 1.54) is 18.9 Å². The van der Waals surface area contributed by atoms with E-state index in [0.29, 0.717) is 16.2 Å². The topological polar surface area (TPSA) is 29.9 Å². The van der Waals surface area contributed by atoms with Crippen molar-refractivity contribution < 1.29 is 4.39 Å². The molecule has 0 spiro atoms. The molecule has 1 aliphatic carbocycles. The fraction of sp³-hybridized carbons (Fsp3) is 0.308. The number of aromatic nitrogens is 2. The van der Waals surface area contributed by atoms with Crippen molar-refractivity contribution in [1.29, 1.82) is 0 Å². The Labute approximate surface area is 113 Å². The van der Waals surface area contributed by atoms with Crippen molar-refractivity contribution >= 4 is 27.6 Å². The number of benzene rings is 1. The highest BCUT2D eigenvalue weighted by molar-refractivity contribution is 9.10. The molecular formula is C13H13BrFN3. The summed E-state index contributed by atoms with van der Waals surface area (Å²) in [6.45, 7) is 1.96. The number of anilines is 2. The Morgan fingerprint density at radius 1 is 1.44 bits per heavy atom. The number of aryl methyl sites for hydroxylation is 1. The van der Waals surface area contributed by atoms with Gasteiger partial charge in [-0.1, -0.05) is 0 Å². The molecule has 3 rings (SSSR count). The van der Waals surface area contributed by atoms with Crippen LogP contribution in [0.25, 0.3) is 0 Å². The number of nitrogens with one attached hydrogen (secondary N) is 1. The first-order valence-corrected chi connectivity index (χ1v) is 6.70. The highest BCUT2D eigenvalue weighted by Crippen LogP contribution is 2.38. The second-order valence-corrected chi connectivity index (χ2v) is 5.45. The summed E-state index contributed by atoms with van der Waals surface area (Å²) in [4.78, 5) is 4.44. The Kier molecular flexibility index (Phi) is 2.86. The van der Waals surface area contributed by atoms with E-state index in [2.05, 4.69) is 30.8 Å². The van der Waals surface area contributed by atoms with E-state index in [-0.39, 0.29) is 5.82 Å². The Bertz CT molecular complexity index is 590. The van der Waals surface area contributed by atoms with Gasteiger partial charge in [0.1, 0.15) is 5.82 Å². The van der Waals surface area contributed by atoms with Crippen molar-refractivity contribution in [2.75, 3.05) is 5.32 Å². The second kappa shape index (κ2) is 4.39. The van der Waals surface area contributed by atoms with Crippen LogP contribution in [0.15, 0.2) is 28.9 Å². The second-order valence-electron chi connectivity index (χ2n) is 4.60. The smallest absolute Gasteiger partial charge is 0.207 e. The van der Waals surface area contributed by atoms with Gasteiger partial charge in [0.25, 0.3) is 0 Å². The van der Waals surface area contributed by atoms with E-state index in [1.807, 2.05) is 19.2 Å². The molecule has 3 nitrogen and oxygen atoms in total. The standard InChI is InChI=1S/C13H13BrFN3/c1-8-7-18(10-3-4-10)13(16-8)17-9-2-5-11(14)12(15)6-9/h2,5-7,10H,3-4H2,1H3,(H,16,17). The summed E-state index contributed by atoms with van der Waals surface area (Å²) >= 11 is 3.14. The lowest BCUT2D eigenvalue weighted by Crippen LogP contribution is -2.01. The molecule has 1 heterocycles. The zero-order valence-electron chi connectivity index (χ0n) is 9.95. The molecule has 5 heteroatoms. The molecule has 0 saturated heterocycles. The average Bonchev–Trinajstić information content (AvgIpc) is 3.09. The summed E-state index contributed by atoms with van der Waals surface area (Å²) in [6.07, 6.45) is 4.42. The minimum absolute atomic E-state index is 0.277. The van der Waals surface area contributed by atoms with E-state index < -0.39 is 0 Å². The first-order chi connectivity index (χ1) is 8.63. The van der Waals surface area contributed by atoms with Crippen molar-refractivity contribution in [3.63, 3.8) is 0 Å². The summed E-state index contributed by atoms with van der Waals surface area (Å²) in [5.74, 6) is 0.512. The molecule has 1 aromatic carbocycles. The Hall–Kier alpha value is -1.36. The SMILES string of the molecule is Cc1cn(C2CC2)c(Nc2ccc(Br)c(F)c2)n1. The summed E-state index contributed by atoms with van der Waals surface area (Å²) in [7, 11) is 0. The van der Waals surface area contributed by atoms with Gasteiger partial charge in [0.05, 0.1) is 10.2 Å². The lowest BCUT2D eigenvalue weighted by atomic mass is 10.3. The third-order valence-electron chi connectivity index (χ3n) is 2.97. The number of hydrogen-bond donors (Lipinski definition) is 1. The Morgan fingerprint density at radius 2 is 2.22 bits per heavy atom. The number of halogens is 2. The maximum Gasteiger partial charge on any atom is 0.207 e. The van der Waals surface area contributed by atoms with Crippen LogP contribution in [-0.2, 0) is 0 Å². The van der Waals surface area contributed by atoms with Gasteiger partial charge in [0.2, 0.25) is 5.95 Å². The van der Waals surface area contributed by atoms with Gasteiger partial charge in [-0.05, 0) is 53.9 Å². The largest absolute Gasteiger partial charge is 0.325 e. The number of rotatable bonds is 3. The van der Waals surface area contributed by atoms with Gasteiger partial charge in [-0.2, -0.15) is 0 Å². The molecule has 0 radical (unpaired) electrons. The van der Waals surface area contributed by atoms with Gasteiger partial charge in [-0.3, -0.25) is 0 Å². The van der Waals surface area contributed by atoms with Crippen molar-refractivity contribution in [2.45, 2.75) is 25.8 Å². The highest BCUT2D eigenvalue weighted by Gasteiger charge is 2.26. The zero-order chi connectivity index (χ0) is 12.7. The van der Waals surface area contributed by atoms with E-state index >= 15 is 0 Å². The normalized spacial score (nSPS) is 14.8. The van der Waals surface area contributed by atoms with Gasteiger partial charge in [0, 0.05) is 17.9 Å². The number of hydrogen-bond acceptors (Lipinski definition) is 2. The summed E-state index contributed by atoms with van der Waals surface area (Å²) < 4.78 is 16.0. The van der Waals surface area contributed by atoms with E-state index in [4.69, 9.17) is 0 Å². The van der Waals surface area contributed by atoms with Crippen molar-refractivity contribution in [3.05, 3.63) is 40.4 Å². The monoisotopic (exact) mass is 309 g/mol. The summed E-state index contributed by atoms with van der Waals surface area (Å²) in [5, 5.41) is 3.17. The van der Waals surface area contributed by atoms with Crippen LogP contribution in [-0.4, -0.2) is 9.55 Å². The van der Waals surface area contributed by atoms with E-state index in [9.17, 15) is 4.39 Å². The van der Waals surface area contributed by atoms with Crippen molar-refractivity contribution in [1.82, 2.24) is 9.55 Å². The maximum atomic E-state index is 13.4. The van der Waals surface area contributed by atoms with Crippen molar-refractivity contribution in [3.8, 4) is 0 Å². The molecule has 1 N–H and O–H groups in total. The third kappa shape index (κ3) is 2.27. The van der Waals surface area contributed by atoms with Crippen LogP contribution in [0.5, 0.6) is 0 Å². The molecule has 1 fully saturated rings. The molecule has 94 valence electrons. The van der Waals surface area contributed by atoms with Crippen LogP contribution in [0.4, 0.5) is 16.0 Å². The van der Waals surface area contributed by atoms with E-state index in [0.717, 1.165) is 11.6 Å². The molecular weight excluding hydrogens is 297 g/mol. The fourth-order valence-electron chi connectivity index (χ4n) is 1.94. The van der Waals surface area contributed by atoms with Crippen molar-refractivity contribution in [2.24, 2.45) is 0 Å². The lowest BCUT2D eigenvalue weighted by molar-refractivity contribution is 0.621. The van der Waals surface area contributed by atoms with Crippen LogP contribution in [0.1, 0.15) is 24.6 Å². The quantitative estimate of drug-likeness (QED) is 0.922.